The number of benzene rings is 3. The number of aliphatic imine (C=N–C) groups is 1. The zero-order valence-corrected chi connectivity index (χ0v) is 19.9. The summed E-state index contributed by atoms with van der Waals surface area (Å²) >= 11 is 0. The first kappa shape index (κ1) is 23.1. The summed E-state index contributed by atoms with van der Waals surface area (Å²) in [4.78, 5) is 19.9. The van der Waals surface area contributed by atoms with E-state index in [1.807, 2.05) is 59.5 Å². The van der Waals surface area contributed by atoms with Gasteiger partial charge in [0.1, 0.15) is 5.82 Å². The van der Waals surface area contributed by atoms with Gasteiger partial charge in [-0.3, -0.25) is 9.79 Å². The van der Waals surface area contributed by atoms with E-state index in [4.69, 9.17) is 14.1 Å². The van der Waals surface area contributed by atoms with Crippen LogP contribution in [0.3, 0.4) is 0 Å². The molecular weight excluding hydrogens is 473 g/mol. The van der Waals surface area contributed by atoms with Gasteiger partial charge in [0.2, 0.25) is 5.89 Å². The lowest BCUT2D eigenvalue weighted by molar-refractivity contribution is -0.119. The van der Waals surface area contributed by atoms with Gasteiger partial charge < -0.3 is 19.4 Å². The zero-order valence-electron chi connectivity index (χ0n) is 19.9. The van der Waals surface area contributed by atoms with E-state index < -0.39 is 6.17 Å². The maximum absolute atomic E-state index is 14.9. The highest BCUT2D eigenvalue weighted by atomic mass is 19.1. The Hall–Kier alpha value is -4.37. The van der Waals surface area contributed by atoms with E-state index in [0.29, 0.717) is 43.3 Å². The number of anilines is 2. The lowest BCUT2D eigenvalue weighted by Gasteiger charge is -2.29. The fourth-order valence-electron chi connectivity index (χ4n) is 4.62. The van der Waals surface area contributed by atoms with Gasteiger partial charge in [-0.1, -0.05) is 59.7 Å². The lowest BCUT2D eigenvalue weighted by atomic mass is 9.96. The van der Waals surface area contributed by atoms with E-state index in [9.17, 15) is 9.18 Å². The maximum atomic E-state index is 14.9. The second kappa shape index (κ2) is 9.94. The third-order valence-electron chi connectivity index (χ3n) is 6.48. The summed E-state index contributed by atoms with van der Waals surface area (Å²) in [6.07, 6.45) is -0.709. The van der Waals surface area contributed by atoms with Gasteiger partial charge >= 0.3 is 6.01 Å². The summed E-state index contributed by atoms with van der Waals surface area (Å²) in [6.45, 7) is 2.41. The van der Waals surface area contributed by atoms with Gasteiger partial charge in [-0.25, -0.2) is 4.39 Å². The van der Waals surface area contributed by atoms with Gasteiger partial charge in [-0.15, -0.1) is 5.10 Å². The van der Waals surface area contributed by atoms with Crippen molar-refractivity contribution in [2.75, 3.05) is 36.5 Å². The fourth-order valence-corrected chi connectivity index (χ4v) is 4.62. The number of Topliss-reactive ketones (excluding diaryl/α,β-unsaturated/α-hetero) is 1. The number of morpholine rings is 1. The quantitative estimate of drug-likeness (QED) is 0.444. The number of ketones is 1. The number of carbonyl (C=O) groups excluding carboxylic acids is 1. The molecule has 4 aromatic rings. The van der Waals surface area contributed by atoms with Crippen molar-refractivity contribution in [2.24, 2.45) is 4.99 Å². The molecule has 0 bridgehead atoms. The van der Waals surface area contributed by atoms with Crippen molar-refractivity contribution >= 4 is 23.2 Å². The number of halogens is 1. The van der Waals surface area contributed by atoms with E-state index in [1.165, 1.54) is 6.07 Å². The highest BCUT2D eigenvalue weighted by molar-refractivity contribution is 6.16. The van der Waals surface area contributed by atoms with Crippen molar-refractivity contribution in [3.63, 3.8) is 0 Å². The molecular formula is C28H24FN5O3. The molecule has 0 unspecified atom stereocenters. The van der Waals surface area contributed by atoms with Crippen LogP contribution in [0.5, 0.6) is 0 Å². The van der Waals surface area contributed by atoms with Gasteiger partial charge in [0, 0.05) is 36.2 Å². The highest BCUT2D eigenvalue weighted by Crippen LogP contribution is 2.28. The monoisotopic (exact) mass is 497 g/mol. The Morgan fingerprint density at radius 2 is 1.70 bits per heavy atom. The van der Waals surface area contributed by atoms with Crippen molar-refractivity contribution in [3.05, 3.63) is 95.3 Å². The number of ether oxygens (including phenoxy) is 1. The fraction of sp³-hybridized carbons (Fsp3) is 0.214. The van der Waals surface area contributed by atoms with Gasteiger partial charge in [-0.05, 0) is 23.8 Å². The Balaban J connectivity index is 1.27. The third-order valence-corrected chi connectivity index (χ3v) is 6.48. The molecule has 1 atom stereocenters. The van der Waals surface area contributed by atoms with Crippen LogP contribution in [0.25, 0.3) is 11.5 Å². The molecule has 9 heteroatoms. The van der Waals surface area contributed by atoms with E-state index in [0.717, 1.165) is 16.7 Å². The molecule has 8 nitrogen and oxygen atoms in total. The van der Waals surface area contributed by atoms with Gasteiger partial charge in [0.25, 0.3) is 0 Å². The summed E-state index contributed by atoms with van der Waals surface area (Å²) in [5, 5.41) is 11.1. The Kier molecular flexibility index (Phi) is 6.20. The molecule has 186 valence electrons. The summed E-state index contributed by atoms with van der Waals surface area (Å²) in [5.74, 6) is -0.355. The summed E-state index contributed by atoms with van der Waals surface area (Å²) in [5.41, 5.74) is 4.38. The molecule has 1 N–H and O–H groups in total. The van der Waals surface area contributed by atoms with Crippen LogP contribution in [0.1, 0.15) is 16.7 Å². The first-order valence-corrected chi connectivity index (χ1v) is 12.1. The minimum atomic E-state index is -0.920. The second-order valence-corrected chi connectivity index (χ2v) is 8.87. The molecule has 6 rings (SSSR count). The SMILES string of the molecule is O=C1Cc2ccccc2C(c2ccccc2)=N[C@@H]1Nc1nnc(-c2ccc(N3CCOCC3)c(F)c2)o1. The number of rotatable bonds is 5. The number of nitrogens with one attached hydrogen (secondary N) is 1. The van der Waals surface area contributed by atoms with Crippen LogP contribution in [0, 0.1) is 5.82 Å². The molecule has 3 heterocycles. The Morgan fingerprint density at radius 1 is 0.919 bits per heavy atom. The summed E-state index contributed by atoms with van der Waals surface area (Å²) < 4.78 is 26.0. The van der Waals surface area contributed by atoms with Crippen molar-refractivity contribution in [2.45, 2.75) is 12.6 Å². The van der Waals surface area contributed by atoms with E-state index in [1.54, 1.807) is 12.1 Å². The maximum Gasteiger partial charge on any atom is 0.317 e. The predicted octanol–water partition coefficient (Wildman–Crippen LogP) is 4.11. The molecule has 2 aliphatic rings. The molecule has 3 aromatic carbocycles. The molecule has 1 saturated heterocycles. The first-order valence-electron chi connectivity index (χ1n) is 12.1. The van der Waals surface area contributed by atoms with Crippen LogP contribution in [0.15, 0.2) is 82.2 Å². The number of carbonyl (C=O) groups is 1. The molecule has 0 spiro atoms. The zero-order chi connectivity index (χ0) is 25.2. The van der Waals surface area contributed by atoms with Crippen LogP contribution >= 0.6 is 0 Å². The molecule has 37 heavy (non-hydrogen) atoms. The van der Waals surface area contributed by atoms with Crippen molar-refractivity contribution in [1.82, 2.24) is 10.2 Å². The van der Waals surface area contributed by atoms with E-state index in [2.05, 4.69) is 15.5 Å². The molecule has 2 aliphatic heterocycles. The molecule has 1 fully saturated rings. The minimum absolute atomic E-state index is 0.0353. The topological polar surface area (TPSA) is 92.9 Å². The second-order valence-electron chi connectivity index (χ2n) is 8.87. The summed E-state index contributed by atoms with van der Waals surface area (Å²) in [6, 6.07) is 22.3. The number of fused-ring (bicyclic) bond motifs is 1. The molecule has 0 saturated carbocycles. The van der Waals surface area contributed by atoms with E-state index >= 15 is 0 Å². The number of nitrogens with zero attached hydrogens (tertiary/aromatic N) is 4. The van der Waals surface area contributed by atoms with Crippen LogP contribution in [-0.4, -0.2) is 54.2 Å². The number of hydrogen-bond acceptors (Lipinski definition) is 8. The number of aromatic nitrogens is 2. The van der Waals surface area contributed by atoms with Crippen LogP contribution in [0.2, 0.25) is 0 Å². The Bertz CT molecular complexity index is 1460. The Labute approximate surface area is 212 Å². The highest BCUT2D eigenvalue weighted by Gasteiger charge is 2.27. The van der Waals surface area contributed by atoms with E-state index in [-0.39, 0.29) is 29.9 Å². The van der Waals surface area contributed by atoms with Crippen LogP contribution in [-0.2, 0) is 16.0 Å². The van der Waals surface area contributed by atoms with Crippen LogP contribution < -0.4 is 10.2 Å². The smallest absolute Gasteiger partial charge is 0.317 e. The van der Waals surface area contributed by atoms with Crippen molar-refractivity contribution < 1.29 is 18.3 Å². The molecule has 0 aliphatic carbocycles. The normalized spacial score (nSPS) is 17.6. The molecule has 1 aromatic heterocycles. The first-order chi connectivity index (χ1) is 18.2. The van der Waals surface area contributed by atoms with Gasteiger partial charge in [0.15, 0.2) is 11.9 Å². The predicted molar refractivity (Wildman–Crippen MR) is 137 cm³/mol. The van der Waals surface area contributed by atoms with Crippen molar-refractivity contribution in [3.8, 4) is 11.5 Å². The standard InChI is InChI=1S/C28H24FN5O3/c29-22-16-20(10-11-23(22)34-12-14-36-15-13-34)27-32-33-28(37-27)31-26-24(35)17-19-8-4-5-9-21(19)25(30-26)18-6-2-1-3-7-18/h1-11,16,26H,12-15,17H2,(H,31,33)/t26-/m1/s1. The van der Waals surface area contributed by atoms with Crippen LogP contribution in [0.4, 0.5) is 16.1 Å². The largest absolute Gasteiger partial charge is 0.403 e. The van der Waals surface area contributed by atoms with Crippen molar-refractivity contribution in [1.29, 1.82) is 0 Å². The van der Waals surface area contributed by atoms with Gasteiger partial charge in [-0.2, -0.15) is 0 Å². The molecule has 0 amide bonds. The van der Waals surface area contributed by atoms with Gasteiger partial charge in [0.05, 0.1) is 24.6 Å². The average molecular weight is 498 g/mol. The Morgan fingerprint density at radius 3 is 2.51 bits per heavy atom. The lowest BCUT2D eigenvalue weighted by Crippen LogP contribution is -2.36. The number of hydrogen-bond donors (Lipinski definition) is 1. The average Bonchev–Trinajstić information content (AvgIpc) is 3.35. The molecule has 0 radical (unpaired) electrons. The third kappa shape index (κ3) is 4.73. The summed E-state index contributed by atoms with van der Waals surface area (Å²) in [7, 11) is 0. The minimum Gasteiger partial charge on any atom is -0.403 e.